The summed E-state index contributed by atoms with van der Waals surface area (Å²) in [4.78, 5) is 1.20. The standard InChI is InChI=1S/C16H21OS.2ClH.Ti/c1-3-4-13-17-16(12-8-7-9-14(16)2)18-15-10-5-6-11-15;;;/h5,7-10H,3-4,6,12-13H2,1-2H3;2*1H;/q;;;+2/p-2. The average molecular weight is 380 g/mol. The third-order valence-electron chi connectivity index (χ3n) is 3.47. The fourth-order valence-corrected chi connectivity index (χ4v) is 4.02. The van der Waals surface area contributed by atoms with Crippen LogP contribution >= 0.6 is 11.8 Å². The zero-order valence-corrected chi connectivity index (χ0v) is 16.4. The second kappa shape index (κ2) is 10.4. The van der Waals surface area contributed by atoms with Crippen molar-refractivity contribution in [3.8, 4) is 0 Å². The SMILES string of the molecule is CCCCOC1(SC2=[C]([Ti+2])CC=C2)CC=CC=C1C.[Cl-].[Cl-]. The molecule has 2 rings (SSSR count). The van der Waals surface area contributed by atoms with Crippen molar-refractivity contribution in [1.29, 1.82) is 0 Å². The van der Waals surface area contributed by atoms with Crippen molar-refractivity contribution in [2.24, 2.45) is 0 Å². The van der Waals surface area contributed by atoms with Gasteiger partial charge in [-0.15, -0.1) is 0 Å². The summed E-state index contributed by atoms with van der Waals surface area (Å²) in [6, 6.07) is 0. The second-order valence-electron chi connectivity index (χ2n) is 4.99. The molecule has 2 aliphatic carbocycles. The monoisotopic (exact) mass is 379 g/mol. The maximum atomic E-state index is 6.31. The third kappa shape index (κ3) is 5.60. The van der Waals surface area contributed by atoms with Crippen LogP contribution in [-0.2, 0) is 25.2 Å². The predicted octanol–water partition coefficient (Wildman–Crippen LogP) is -1.13. The summed E-state index contributed by atoms with van der Waals surface area (Å²) in [7, 11) is 0. The van der Waals surface area contributed by atoms with Crippen LogP contribution in [0.2, 0.25) is 0 Å². The van der Waals surface area contributed by atoms with E-state index in [4.69, 9.17) is 4.74 Å². The van der Waals surface area contributed by atoms with Crippen molar-refractivity contribution < 1.29 is 50.0 Å². The topological polar surface area (TPSA) is 9.23 Å². The van der Waals surface area contributed by atoms with E-state index in [2.05, 4.69) is 64.7 Å². The second-order valence-corrected chi connectivity index (χ2v) is 7.23. The molecule has 0 radical (unpaired) electrons. The summed E-state index contributed by atoms with van der Waals surface area (Å²) in [5.74, 6) is 0. The number of hydrogen-bond donors (Lipinski definition) is 0. The fraction of sp³-hybridized carbons (Fsp3) is 0.500. The third-order valence-corrected chi connectivity index (χ3v) is 6.03. The summed E-state index contributed by atoms with van der Waals surface area (Å²) < 4.78 is 7.77. The Morgan fingerprint density at radius 1 is 1.33 bits per heavy atom. The Kier molecular flexibility index (Phi) is 10.6. The van der Waals surface area contributed by atoms with Crippen LogP contribution in [0.15, 0.2) is 44.7 Å². The molecule has 0 aromatic rings. The first-order chi connectivity index (χ1) is 9.18. The molecule has 1 unspecified atom stereocenters. The van der Waals surface area contributed by atoms with Gasteiger partial charge in [-0.05, 0) is 0 Å². The van der Waals surface area contributed by atoms with Crippen LogP contribution in [0, 0.1) is 0 Å². The van der Waals surface area contributed by atoms with Gasteiger partial charge in [0.1, 0.15) is 0 Å². The average Bonchev–Trinajstić information content (AvgIpc) is 2.79. The molecular formula is C16H21Cl2OSTi. The number of hydrogen-bond acceptors (Lipinski definition) is 2. The van der Waals surface area contributed by atoms with Crippen LogP contribution in [0.5, 0.6) is 0 Å². The molecule has 0 aromatic carbocycles. The van der Waals surface area contributed by atoms with Gasteiger partial charge in [0.2, 0.25) is 0 Å². The van der Waals surface area contributed by atoms with Gasteiger partial charge in [0.15, 0.2) is 0 Å². The van der Waals surface area contributed by atoms with E-state index in [9.17, 15) is 0 Å². The van der Waals surface area contributed by atoms with Gasteiger partial charge in [-0.25, -0.2) is 0 Å². The van der Waals surface area contributed by atoms with Crippen LogP contribution in [0.25, 0.3) is 0 Å². The predicted molar refractivity (Wildman–Crippen MR) is 79.5 cm³/mol. The Morgan fingerprint density at radius 3 is 2.67 bits per heavy atom. The van der Waals surface area contributed by atoms with E-state index < -0.39 is 0 Å². The molecule has 1 atom stereocenters. The number of ether oxygens (including phenoxy) is 1. The first-order valence-corrected chi connectivity index (χ1v) is 8.56. The van der Waals surface area contributed by atoms with Crippen molar-refractivity contribution in [2.45, 2.75) is 44.5 Å². The Balaban J connectivity index is 0.00000200. The molecule has 0 saturated heterocycles. The quantitative estimate of drug-likeness (QED) is 0.328. The van der Waals surface area contributed by atoms with Crippen molar-refractivity contribution >= 4 is 11.8 Å². The summed E-state index contributed by atoms with van der Waals surface area (Å²) >= 11 is 4.12. The molecule has 115 valence electrons. The molecule has 0 aliphatic heterocycles. The summed E-state index contributed by atoms with van der Waals surface area (Å²) in [5, 5.41) is 0. The van der Waals surface area contributed by atoms with E-state index in [0.29, 0.717) is 0 Å². The first kappa shape index (κ1) is 21.6. The maximum absolute atomic E-state index is 6.31. The Hall–Kier alpha value is 0.564. The van der Waals surface area contributed by atoms with Gasteiger partial charge < -0.3 is 24.8 Å². The molecule has 0 heterocycles. The number of halogens is 2. The smallest absolute Gasteiger partial charge is 1.00 e. The van der Waals surface area contributed by atoms with E-state index in [1.165, 1.54) is 20.8 Å². The van der Waals surface area contributed by atoms with Gasteiger partial charge in [0.05, 0.1) is 0 Å². The maximum Gasteiger partial charge on any atom is -1.00 e. The van der Waals surface area contributed by atoms with Gasteiger partial charge in [-0.2, -0.15) is 0 Å². The minimum Gasteiger partial charge on any atom is -1.00 e. The van der Waals surface area contributed by atoms with E-state index in [-0.39, 0.29) is 29.7 Å². The van der Waals surface area contributed by atoms with Gasteiger partial charge >= 0.3 is 133 Å². The molecule has 5 heteroatoms. The number of allylic oxidation sites excluding steroid dienone is 5. The van der Waals surface area contributed by atoms with Crippen molar-refractivity contribution in [3.05, 3.63) is 44.7 Å². The van der Waals surface area contributed by atoms with Crippen molar-refractivity contribution in [2.75, 3.05) is 6.61 Å². The molecule has 1 nitrogen and oxygen atoms in total. The summed E-state index contributed by atoms with van der Waals surface area (Å²) in [6.45, 7) is 5.24. The molecule has 0 saturated carbocycles. The van der Waals surface area contributed by atoms with E-state index in [1.54, 1.807) is 0 Å². The molecular weight excluding hydrogens is 359 g/mol. The number of unbranched alkanes of at least 4 members (excludes halogenated alkanes) is 1. The molecule has 0 spiro atoms. The van der Waals surface area contributed by atoms with Crippen molar-refractivity contribution in [1.82, 2.24) is 0 Å². The van der Waals surface area contributed by atoms with Crippen LogP contribution in [0.1, 0.15) is 39.5 Å². The molecule has 0 amide bonds. The van der Waals surface area contributed by atoms with Crippen LogP contribution < -0.4 is 24.8 Å². The summed E-state index contributed by atoms with van der Waals surface area (Å²) in [6.07, 6.45) is 15.4. The normalized spacial score (nSPS) is 23.7. The minimum atomic E-state index is -0.185. The number of rotatable bonds is 6. The molecule has 0 aromatic heterocycles. The zero-order chi connectivity index (χ0) is 13.7. The molecule has 21 heavy (non-hydrogen) atoms. The fourth-order valence-electron chi connectivity index (χ4n) is 2.19. The van der Waals surface area contributed by atoms with Gasteiger partial charge in [-0.1, -0.05) is 0 Å². The molecule has 0 fully saturated rings. The van der Waals surface area contributed by atoms with Crippen LogP contribution in [-0.4, -0.2) is 11.5 Å². The Morgan fingerprint density at radius 2 is 2.10 bits per heavy atom. The van der Waals surface area contributed by atoms with E-state index in [1.807, 2.05) is 11.8 Å². The summed E-state index contributed by atoms with van der Waals surface area (Å²) in [5.41, 5.74) is 1.33. The molecule has 0 bridgehead atoms. The van der Waals surface area contributed by atoms with E-state index in [0.717, 1.165) is 25.9 Å². The van der Waals surface area contributed by atoms with E-state index >= 15 is 0 Å². The number of thioether (sulfide) groups is 1. The Bertz CT molecular complexity index is 457. The van der Waals surface area contributed by atoms with Gasteiger partial charge in [-0.3, -0.25) is 0 Å². The van der Waals surface area contributed by atoms with Crippen LogP contribution in [0.3, 0.4) is 0 Å². The first-order valence-electron chi connectivity index (χ1n) is 6.96. The molecule has 2 aliphatic rings. The van der Waals surface area contributed by atoms with Gasteiger partial charge in [0, 0.05) is 0 Å². The van der Waals surface area contributed by atoms with Crippen LogP contribution in [0.4, 0.5) is 0 Å². The minimum absolute atomic E-state index is 0. The van der Waals surface area contributed by atoms with Crippen molar-refractivity contribution in [3.63, 3.8) is 0 Å². The Labute approximate surface area is 157 Å². The largest absolute Gasteiger partial charge is 1.00 e. The van der Waals surface area contributed by atoms with Gasteiger partial charge in [0.25, 0.3) is 0 Å². The zero-order valence-electron chi connectivity index (χ0n) is 12.5. The molecule has 0 N–H and O–H groups in total.